The highest BCUT2D eigenvalue weighted by atomic mass is 16.5. The van der Waals surface area contributed by atoms with Gasteiger partial charge in [0.05, 0.1) is 32.8 Å². The number of hydrogen-bond acceptors (Lipinski definition) is 5. The van der Waals surface area contributed by atoms with Gasteiger partial charge in [-0.05, 0) is 0 Å². The number of pyridine rings is 1. The van der Waals surface area contributed by atoms with Gasteiger partial charge in [-0.3, -0.25) is 14.6 Å². The van der Waals surface area contributed by atoms with Crippen molar-refractivity contribution in [3.63, 3.8) is 0 Å². The Balaban J connectivity index is 1.71. The summed E-state index contributed by atoms with van der Waals surface area (Å²) in [6.07, 6.45) is 2.05. The van der Waals surface area contributed by atoms with E-state index >= 15 is 0 Å². The predicted molar refractivity (Wildman–Crippen MR) is 81.9 cm³/mol. The van der Waals surface area contributed by atoms with Crippen molar-refractivity contribution in [2.45, 2.75) is 6.42 Å². The fourth-order valence-electron chi connectivity index (χ4n) is 2.41. The zero-order valence-electron chi connectivity index (χ0n) is 12.7. The van der Waals surface area contributed by atoms with Crippen LogP contribution in [0.5, 0.6) is 5.75 Å². The number of amides is 1. The van der Waals surface area contributed by atoms with E-state index in [4.69, 9.17) is 9.47 Å². The summed E-state index contributed by atoms with van der Waals surface area (Å²) in [4.78, 5) is 19.9. The van der Waals surface area contributed by atoms with Gasteiger partial charge in [0.2, 0.25) is 5.91 Å². The largest absolute Gasteiger partial charge is 0.489 e. The molecular formula is C16H19N3O3. The molecule has 6 nitrogen and oxygen atoms in total. The molecule has 0 saturated carbocycles. The Morgan fingerprint density at radius 2 is 2.14 bits per heavy atom. The third-order valence-corrected chi connectivity index (χ3v) is 3.74. The van der Waals surface area contributed by atoms with Crippen molar-refractivity contribution in [2.24, 2.45) is 0 Å². The summed E-state index contributed by atoms with van der Waals surface area (Å²) in [5.41, 5.74) is 0.801. The number of anilines is 1. The Hall–Kier alpha value is -2.10. The van der Waals surface area contributed by atoms with Crippen LogP contribution in [-0.4, -0.2) is 62.3 Å². The van der Waals surface area contributed by atoms with Gasteiger partial charge in [-0.25, -0.2) is 4.98 Å². The minimum atomic E-state index is 0.0115. The minimum Gasteiger partial charge on any atom is -0.489 e. The normalized spacial score (nSPS) is 18.8. The fraction of sp³-hybridized carbons (Fsp3) is 0.500. The van der Waals surface area contributed by atoms with Gasteiger partial charge in [0.15, 0.2) is 11.6 Å². The molecule has 116 valence electrons. The Bertz CT molecular complexity index is 615. The molecule has 0 N–H and O–H groups in total. The number of carbonyl (C=O) groups is 1. The summed E-state index contributed by atoms with van der Waals surface area (Å²) >= 11 is 0. The highest BCUT2D eigenvalue weighted by Gasteiger charge is 2.21. The summed E-state index contributed by atoms with van der Waals surface area (Å²) in [6, 6.07) is 1.85. The van der Waals surface area contributed by atoms with Gasteiger partial charge in [-0.1, -0.05) is 11.8 Å². The van der Waals surface area contributed by atoms with Gasteiger partial charge in [0, 0.05) is 38.0 Å². The van der Waals surface area contributed by atoms with Crippen LogP contribution in [0, 0.1) is 11.8 Å². The maximum absolute atomic E-state index is 11.8. The standard InChI is InChI=1S/C16H19N3O3/c1-18-15(20)4-8-22-14-11-13(12-17-16(14)18)3-2-5-19-6-9-21-10-7-19/h11-12H,4-10H2,1H3. The molecule has 0 unspecified atom stereocenters. The number of fused-ring (bicyclic) bond motifs is 1. The van der Waals surface area contributed by atoms with Crippen LogP contribution in [0.3, 0.4) is 0 Å². The Kier molecular flexibility index (Phi) is 4.56. The monoisotopic (exact) mass is 301 g/mol. The highest BCUT2D eigenvalue weighted by molar-refractivity contribution is 5.93. The molecule has 0 aliphatic carbocycles. The van der Waals surface area contributed by atoms with E-state index in [0.29, 0.717) is 24.6 Å². The van der Waals surface area contributed by atoms with E-state index in [-0.39, 0.29) is 5.91 Å². The van der Waals surface area contributed by atoms with E-state index in [1.54, 1.807) is 13.2 Å². The molecule has 3 rings (SSSR count). The third kappa shape index (κ3) is 3.38. The molecule has 0 bridgehead atoms. The molecule has 3 heterocycles. The van der Waals surface area contributed by atoms with Crippen molar-refractivity contribution >= 4 is 11.7 Å². The van der Waals surface area contributed by atoms with Gasteiger partial charge in [-0.15, -0.1) is 0 Å². The molecule has 1 saturated heterocycles. The molecule has 0 atom stereocenters. The summed E-state index contributed by atoms with van der Waals surface area (Å²) in [5.74, 6) is 7.45. The van der Waals surface area contributed by atoms with Crippen LogP contribution >= 0.6 is 0 Å². The molecule has 6 heteroatoms. The van der Waals surface area contributed by atoms with Crippen LogP contribution < -0.4 is 9.64 Å². The first-order valence-electron chi connectivity index (χ1n) is 7.42. The average molecular weight is 301 g/mol. The van der Waals surface area contributed by atoms with Gasteiger partial charge >= 0.3 is 0 Å². The number of hydrogen-bond donors (Lipinski definition) is 0. The molecule has 2 aliphatic rings. The third-order valence-electron chi connectivity index (χ3n) is 3.74. The molecule has 0 radical (unpaired) electrons. The van der Waals surface area contributed by atoms with Crippen LogP contribution in [0.25, 0.3) is 0 Å². The molecule has 0 spiro atoms. The number of rotatable bonds is 1. The van der Waals surface area contributed by atoms with Crippen LogP contribution in [0.1, 0.15) is 12.0 Å². The van der Waals surface area contributed by atoms with Gasteiger partial charge in [-0.2, -0.15) is 0 Å². The van der Waals surface area contributed by atoms with Crippen LogP contribution in [-0.2, 0) is 9.53 Å². The Labute approximate surface area is 130 Å². The molecule has 1 aromatic rings. The lowest BCUT2D eigenvalue weighted by molar-refractivity contribution is -0.118. The second kappa shape index (κ2) is 6.77. The summed E-state index contributed by atoms with van der Waals surface area (Å²) in [5, 5.41) is 0. The van der Waals surface area contributed by atoms with Crippen molar-refractivity contribution < 1.29 is 14.3 Å². The van der Waals surface area contributed by atoms with Crippen molar-refractivity contribution in [1.82, 2.24) is 9.88 Å². The summed E-state index contributed by atoms with van der Waals surface area (Å²) < 4.78 is 10.9. The lowest BCUT2D eigenvalue weighted by Crippen LogP contribution is -2.36. The predicted octanol–water partition coefficient (Wildman–Crippen LogP) is 0.511. The lowest BCUT2D eigenvalue weighted by atomic mass is 10.2. The first kappa shape index (κ1) is 14.8. The first-order valence-corrected chi connectivity index (χ1v) is 7.42. The SMILES string of the molecule is CN1C(=O)CCOc2cc(C#CCN3CCOCC3)cnc21. The van der Waals surface area contributed by atoms with E-state index in [9.17, 15) is 4.79 Å². The molecule has 1 fully saturated rings. The number of morpholine rings is 1. The van der Waals surface area contributed by atoms with Gasteiger partial charge < -0.3 is 9.47 Å². The van der Waals surface area contributed by atoms with E-state index < -0.39 is 0 Å². The zero-order valence-corrected chi connectivity index (χ0v) is 12.7. The first-order chi connectivity index (χ1) is 10.7. The van der Waals surface area contributed by atoms with Crippen LogP contribution in [0.2, 0.25) is 0 Å². The van der Waals surface area contributed by atoms with E-state index in [1.807, 2.05) is 6.07 Å². The number of ether oxygens (including phenoxy) is 2. The van der Waals surface area contributed by atoms with Crippen molar-refractivity contribution in [3.8, 4) is 17.6 Å². The Morgan fingerprint density at radius 1 is 1.32 bits per heavy atom. The number of aromatic nitrogens is 1. The smallest absolute Gasteiger partial charge is 0.231 e. The van der Waals surface area contributed by atoms with Gasteiger partial charge in [0.25, 0.3) is 0 Å². The van der Waals surface area contributed by atoms with Crippen molar-refractivity contribution in [1.29, 1.82) is 0 Å². The molecule has 1 aromatic heterocycles. The van der Waals surface area contributed by atoms with Crippen molar-refractivity contribution in [2.75, 3.05) is 51.4 Å². The number of nitrogens with zero attached hydrogens (tertiary/aromatic N) is 3. The van der Waals surface area contributed by atoms with E-state index in [1.165, 1.54) is 4.90 Å². The highest BCUT2D eigenvalue weighted by Crippen LogP contribution is 2.28. The zero-order chi connectivity index (χ0) is 15.4. The topological polar surface area (TPSA) is 54.9 Å². The number of carbonyl (C=O) groups excluding carboxylic acids is 1. The molecule has 2 aliphatic heterocycles. The summed E-state index contributed by atoms with van der Waals surface area (Å²) in [6.45, 7) is 4.50. The molecule has 22 heavy (non-hydrogen) atoms. The minimum absolute atomic E-state index is 0.0115. The average Bonchev–Trinajstić information content (AvgIpc) is 2.68. The summed E-state index contributed by atoms with van der Waals surface area (Å²) in [7, 11) is 1.71. The van der Waals surface area contributed by atoms with Crippen molar-refractivity contribution in [3.05, 3.63) is 17.8 Å². The fourth-order valence-corrected chi connectivity index (χ4v) is 2.41. The van der Waals surface area contributed by atoms with Crippen LogP contribution in [0.15, 0.2) is 12.3 Å². The molecule has 1 amide bonds. The second-order valence-corrected chi connectivity index (χ2v) is 5.29. The van der Waals surface area contributed by atoms with Gasteiger partial charge in [0.1, 0.15) is 0 Å². The van der Waals surface area contributed by atoms with E-state index in [2.05, 4.69) is 21.7 Å². The lowest BCUT2D eigenvalue weighted by Gasteiger charge is -2.24. The molecular weight excluding hydrogens is 282 g/mol. The quantitative estimate of drug-likeness (QED) is 0.708. The Morgan fingerprint density at radius 3 is 2.95 bits per heavy atom. The van der Waals surface area contributed by atoms with Crippen LogP contribution in [0.4, 0.5) is 5.82 Å². The second-order valence-electron chi connectivity index (χ2n) is 5.29. The maximum atomic E-state index is 11.8. The molecule has 0 aromatic carbocycles. The van der Waals surface area contributed by atoms with E-state index in [0.717, 1.165) is 38.4 Å². The maximum Gasteiger partial charge on any atom is 0.231 e.